The summed E-state index contributed by atoms with van der Waals surface area (Å²) in [6.45, 7) is -0.109. The fourth-order valence-corrected chi connectivity index (χ4v) is 3.73. The van der Waals surface area contributed by atoms with Crippen LogP contribution in [0, 0.1) is 0 Å². The van der Waals surface area contributed by atoms with Crippen molar-refractivity contribution in [1.29, 1.82) is 0 Å². The standard InChI is InChI=1S/C17H17ClN2O4S/c1-19(13-6-4-3-5-7-13)17(21)16-11-20(25(2,22)23)14-10-12(18)8-9-15(14)24-16/h3-10,16H,11H2,1-2H3/t16-/m1/s1. The Hall–Kier alpha value is -2.25. The highest BCUT2D eigenvalue weighted by Gasteiger charge is 2.36. The predicted octanol–water partition coefficient (Wildman–Crippen LogP) is 2.53. The lowest BCUT2D eigenvalue weighted by molar-refractivity contribution is -0.124. The Balaban J connectivity index is 1.94. The Morgan fingerprint density at radius 3 is 2.56 bits per heavy atom. The normalized spacial score (nSPS) is 16.8. The van der Waals surface area contributed by atoms with Gasteiger partial charge >= 0.3 is 0 Å². The van der Waals surface area contributed by atoms with Gasteiger partial charge in [0.2, 0.25) is 10.0 Å². The second-order valence-corrected chi connectivity index (χ2v) is 8.09. The zero-order chi connectivity index (χ0) is 18.2. The van der Waals surface area contributed by atoms with E-state index in [9.17, 15) is 13.2 Å². The molecule has 0 aromatic heterocycles. The number of hydrogen-bond donors (Lipinski definition) is 0. The van der Waals surface area contributed by atoms with Crippen LogP contribution in [0.25, 0.3) is 0 Å². The Morgan fingerprint density at radius 2 is 1.92 bits per heavy atom. The van der Waals surface area contributed by atoms with E-state index < -0.39 is 16.1 Å². The van der Waals surface area contributed by atoms with Gasteiger partial charge in [-0.15, -0.1) is 0 Å². The summed E-state index contributed by atoms with van der Waals surface area (Å²) >= 11 is 5.97. The third-order valence-corrected chi connectivity index (χ3v) is 5.32. The average Bonchev–Trinajstić information content (AvgIpc) is 2.59. The van der Waals surface area contributed by atoms with Gasteiger partial charge in [-0.25, -0.2) is 8.42 Å². The largest absolute Gasteiger partial charge is 0.476 e. The van der Waals surface area contributed by atoms with Crippen LogP contribution in [0.4, 0.5) is 11.4 Å². The lowest BCUT2D eigenvalue weighted by Gasteiger charge is -2.35. The molecule has 8 heteroatoms. The Morgan fingerprint density at radius 1 is 1.24 bits per heavy atom. The molecule has 25 heavy (non-hydrogen) atoms. The zero-order valence-electron chi connectivity index (χ0n) is 13.7. The van der Waals surface area contributed by atoms with Crippen LogP contribution in [0.2, 0.25) is 5.02 Å². The fraction of sp³-hybridized carbons (Fsp3) is 0.235. The van der Waals surface area contributed by atoms with Gasteiger partial charge in [0.1, 0.15) is 5.75 Å². The highest BCUT2D eigenvalue weighted by Crippen LogP contribution is 2.37. The van der Waals surface area contributed by atoms with Gasteiger partial charge in [0, 0.05) is 17.8 Å². The van der Waals surface area contributed by atoms with Gasteiger partial charge < -0.3 is 9.64 Å². The molecule has 0 radical (unpaired) electrons. The maximum atomic E-state index is 12.8. The van der Waals surface area contributed by atoms with E-state index in [1.807, 2.05) is 18.2 Å². The summed E-state index contributed by atoms with van der Waals surface area (Å²) in [5, 5.41) is 0.391. The number of likely N-dealkylation sites (N-methyl/N-ethyl adjacent to an activating group) is 1. The molecule has 0 unspecified atom stereocenters. The van der Waals surface area contributed by atoms with E-state index in [1.165, 1.54) is 11.0 Å². The van der Waals surface area contributed by atoms with Gasteiger partial charge in [0.25, 0.3) is 5.91 Å². The molecule has 0 fully saturated rings. The first kappa shape index (κ1) is 17.6. The second-order valence-electron chi connectivity index (χ2n) is 5.75. The van der Waals surface area contributed by atoms with Gasteiger partial charge in [-0.2, -0.15) is 0 Å². The molecule has 6 nitrogen and oxygen atoms in total. The van der Waals surface area contributed by atoms with E-state index in [2.05, 4.69) is 0 Å². The SMILES string of the molecule is CN(C(=O)[C@H]1CN(S(C)(=O)=O)c2cc(Cl)ccc2O1)c1ccccc1. The van der Waals surface area contributed by atoms with E-state index in [0.29, 0.717) is 22.1 Å². The van der Waals surface area contributed by atoms with Crippen molar-refractivity contribution in [2.24, 2.45) is 0 Å². The van der Waals surface area contributed by atoms with Crippen molar-refractivity contribution in [2.75, 3.05) is 29.1 Å². The van der Waals surface area contributed by atoms with Crippen LogP contribution in [-0.4, -0.2) is 40.3 Å². The van der Waals surface area contributed by atoms with Gasteiger partial charge in [-0.05, 0) is 30.3 Å². The molecule has 1 aliphatic rings. The molecular formula is C17H17ClN2O4S. The number of nitrogens with zero attached hydrogens (tertiary/aromatic N) is 2. The first-order chi connectivity index (χ1) is 11.8. The first-order valence-electron chi connectivity index (χ1n) is 7.54. The van der Waals surface area contributed by atoms with Gasteiger partial charge in [-0.1, -0.05) is 29.8 Å². The maximum absolute atomic E-state index is 12.8. The van der Waals surface area contributed by atoms with E-state index in [0.717, 1.165) is 10.6 Å². The van der Waals surface area contributed by atoms with Crippen molar-refractivity contribution in [1.82, 2.24) is 0 Å². The third kappa shape index (κ3) is 3.57. The number of ether oxygens (including phenoxy) is 1. The number of carbonyl (C=O) groups excluding carboxylic acids is 1. The number of benzene rings is 2. The van der Waals surface area contributed by atoms with Crippen LogP contribution in [0.15, 0.2) is 48.5 Å². The summed E-state index contributed by atoms with van der Waals surface area (Å²) < 4.78 is 31.3. The summed E-state index contributed by atoms with van der Waals surface area (Å²) in [5.74, 6) is -0.0265. The van der Waals surface area contributed by atoms with E-state index >= 15 is 0 Å². The van der Waals surface area contributed by atoms with Gasteiger partial charge in [0.05, 0.1) is 18.5 Å². The molecule has 1 aliphatic heterocycles. The summed E-state index contributed by atoms with van der Waals surface area (Å²) in [6.07, 6.45) is 0.138. The fourth-order valence-electron chi connectivity index (χ4n) is 2.66. The van der Waals surface area contributed by atoms with E-state index in [-0.39, 0.29) is 12.5 Å². The molecule has 0 aliphatic carbocycles. The molecule has 1 heterocycles. The number of para-hydroxylation sites is 1. The second kappa shape index (κ2) is 6.57. The number of fused-ring (bicyclic) bond motifs is 1. The molecule has 0 saturated heterocycles. The number of rotatable bonds is 3. The maximum Gasteiger partial charge on any atom is 0.269 e. The molecular weight excluding hydrogens is 364 g/mol. The van der Waals surface area contributed by atoms with Crippen molar-refractivity contribution in [3.05, 3.63) is 53.6 Å². The van der Waals surface area contributed by atoms with Crippen molar-refractivity contribution in [2.45, 2.75) is 6.10 Å². The van der Waals surface area contributed by atoms with Gasteiger partial charge in [-0.3, -0.25) is 9.10 Å². The topological polar surface area (TPSA) is 66.9 Å². The van der Waals surface area contributed by atoms with Crippen molar-refractivity contribution in [3.8, 4) is 5.75 Å². The molecule has 132 valence electrons. The molecule has 0 saturated carbocycles. The summed E-state index contributed by atoms with van der Waals surface area (Å²) in [6, 6.07) is 13.8. The number of anilines is 2. The van der Waals surface area contributed by atoms with Crippen LogP contribution in [0.3, 0.4) is 0 Å². The Labute approximate surface area is 151 Å². The highest BCUT2D eigenvalue weighted by atomic mass is 35.5. The molecule has 2 aromatic carbocycles. The van der Waals surface area contributed by atoms with Gasteiger partial charge in [0.15, 0.2) is 6.10 Å². The lowest BCUT2D eigenvalue weighted by Crippen LogP contribution is -2.51. The molecule has 0 N–H and O–H groups in total. The molecule has 2 aromatic rings. The number of hydrogen-bond acceptors (Lipinski definition) is 4. The van der Waals surface area contributed by atoms with E-state index in [1.54, 1.807) is 31.3 Å². The average molecular weight is 381 g/mol. The summed E-state index contributed by atoms with van der Waals surface area (Å²) in [7, 11) is -1.96. The first-order valence-corrected chi connectivity index (χ1v) is 9.76. The predicted molar refractivity (Wildman–Crippen MR) is 97.9 cm³/mol. The number of sulfonamides is 1. The minimum absolute atomic E-state index is 0.109. The van der Waals surface area contributed by atoms with Crippen LogP contribution in [0.1, 0.15) is 0 Å². The van der Waals surface area contributed by atoms with Crippen LogP contribution < -0.4 is 13.9 Å². The van der Waals surface area contributed by atoms with Crippen molar-refractivity contribution < 1.29 is 17.9 Å². The Bertz CT molecular complexity index is 902. The molecule has 1 atom stereocenters. The van der Waals surface area contributed by atoms with E-state index in [4.69, 9.17) is 16.3 Å². The molecule has 3 rings (SSSR count). The monoisotopic (exact) mass is 380 g/mol. The quantitative estimate of drug-likeness (QED) is 0.820. The lowest BCUT2D eigenvalue weighted by atomic mass is 10.2. The third-order valence-electron chi connectivity index (χ3n) is 3.94. The highest BCUT2D eigenvalue weighted by molar-refractivity contribution is 7.92. The van der Waals surface area contributed by atoms with Crippen LogP contribution >= 0.6 is 11.6 Å². The minimum Gasteiger partial charge on any atom is -0.476 e. The smallest absolute Gasteiger partial charge is 0.269 e. The van der Waals surface area contributed by atoms with Crippen molar-refractivity contribution >= 4 is 38.9 Å². The molecule has 1 amide bonds. The Kier molecular flexibility index (Phi) is 4.62. The zero-order valence-corrected chi connectivity index (χ0v) is 15.3. The number of carbonyl (C=O) groups is 1. The molecule has 0 bridgehead atoms. The van der Waals surface area contributed by atoms with Crippen LogP contribution in [0.5, 0.6) is 5.75 Å². The van der Waals surface area contributed by atoms with Crippen molar-refractivity contribution in [3.63, 3.8) is 0 Å². The summed E-state index contributed by atoms with van der Waals surface area (Å²) in [5.41, 5.74) is 1.03. The minimum atomic E-state index is -3.59. The number of amides is 1. The molecule has 0 spiro atoms. The van der Waals surface area contributed by atoms with Crippen LogP contribution in [-0.2, 0) is 14.8 Å². The summed E-state index contributed by atoms with van der Waals surface area (Å²) in [4.78, 5) is 14.3. The number of halogens is 1.